The number of rotatable bonds is 8. The van der Waals surface area contributed by atoms with Crippen molar-refractivity contribution in [2.45, 2.75) is 52.6 Å². The normalized spacial score (nSPS) is 14.5. The molecule has 1 aliphatic heterocycles. The lowest BCUT2D eigenvalue weighted by Gasteiger charge is -2.33. The van der Waals surface area contributed by atoms with E-state index < -0.39 is 6.04 Å². The van der Waals surface area contributed by atoms with Crippen molar-refractivity contribution in [1.82, 2.24) is 15.1 Å². The second kappa shape index (κ2) is 8.91. The van der Waals surface area contributed by atoms with Crippen molar-refractivity contribution < 1.29 is 14.3 Å². The van der Waals surface area contributed by atoms with E-state index in [2.05, 4.69) is 10.4 Å². The lowest BCUT2D eigenvalue weighted by molar-refractivity contribution is -0.127. The fourth-order valence-electron chi connectivity index (χ4n) is 3.53. The molecule has 1 N–H and O–H groups in total. The van der Waals surface area contributed by atoms with E-state index in [0.29, 0.717) is 38.4 Å². The maximum atomic E-state index is 12.8. The molecule has 1 atom stereocenters. The summed E-state index contributed by atoms with van der Waals surface area (Å²) in [6, 6.07) is 9.22. The van der Waals surface area contributed by atoms with E-state index in [1.54, 1.807) is 4.90 Å². The van der Waals surface area contributed by atoms with Gasteiger partial charge in [-0.05, 0) is 44.4 Å². The van der Waals surface area contributed by atoms with Gasteiger partial charge < -0.3 is 10.1 Å². The van der Waals surface area contributed by atoms with Crippen molar-refractivity contribution in [3.63, 3.8) is 0 Å². The number of nitrogens with one attached hydrogen (secondary N) is 1. The fraction of sp³-hybridized carbons (Fsp3) is 0.476. The summed E-state index contributed by atoms with van der Waals surface area (Å²) in [5.41, 5.74) is 1.97. The van der Waals surface area contributed by atoms with E-state index in [9.17, 15) is 9.59 Å². The van der Waals surface area contributed by atoms with Crippen molar-refractivity contribution in [1.29, 1.82) is 0 Å². The number of aromatic nitrogens is 2. The third kappa shape index (κ3) is 4.35. The molecule has 2 aromatic rings. The number of nitrogens with zero attached hydrogens (tertiary/aromatic N) is 3. The Hall–Kier alpha value is -2.83. The first-order chi connectivity index (χ1) is 13.5. The van der Waals surface area contributed by atoms with E-state index in [1.165, 1.54) is 0 Å². The SMILES string of the molecule is CCOc1ccc(CCNC(=O)C(CC)N2C(=O)CCn3nc(C)cc32)cc1. The van der Waals surface area contributed by atoms with Crippen molar-refractivity contribution in [3.05, 3.63) is 41.6 Å². The molecule has 1 aromatic carbocycles. The van der Waals surface area contributed by atoms with E-state index in [0.717, 1.165) is 23.4 Å². The van der Waals surface area contributed by atoms with E-state index in [-0.39, 0.29) is 11.8 Å². The van der Waals surface area contributed by atoms with Gasteiger partial charge in [-0.1, -0.05) is 19.1 Å². The highest BCUT2D eigenvalue weighted by molar-refractivity contribution is 6.00. The highest BCUT2D eigenvalue weighted by atomic mass is 16.5. The lowest BCUT2D eigenvalue weighted by atomic mass is 10.1. The third-order valence-corrected chi connectivity index (χ3v) is 4.88. The van der Waals surface area contributed by atoms with Gasteiger partial charge in [0, 0.05) is 19.0 Å². The maximum absolute atomic E-state index is 12.8. The minimum Gasteiger partial charge on any atom is -0.494 e. The summed E-state index contributed by atoms with van der Waals surface area (Å²) in [6.45, 7) is 7.49. The van der Waals surface area contributed by atoms with E-state index in [4.69, 9.17) is 4.74 Å². The van der Waals surface area contributed by atoms with Crippen molar-refractivity contribution in [3.8, 4) is 5.75 Å². The second-order valence-corrected chi connectivity index (χ2v) is 6.92. The number of fused-ring (bicyclic) bond motifs is 1. The standard InChI is InChI=1S/C21H28N4O3/c1-4-18(25-19-14-15(3)23-24(19)13-11-20(25)26)21(27)22-12-10-16-6-8-17(9-7-16)28-5-2/h6-9,14,18H,4-5,10-13H2,1-3H3,(H,22,27). The van der Waals surface area contributed by atoms with Gasteiger partial charge in [-0.3, -0.25) is 14.5 Å². The van der Waals surface area contributed by atoms with Crippen LogP contribution in [0, 0.1) is 6.92 Å². The first-order valence-electron chi connectivity index (χ1n) is 9.89. The summed E-state index contributed by atoms with van der Waals surface area (Å²) in [6.07, 6.45) is 1.63. The summed E-state index contributed by atoms with van der Waals surface area (Å²) in [5, 5.41) is 7.40. The average molecular weight is 384 g/mol. The van der Waals surface area contributed by atoms with Crippen LogP contribution in [0.5, 0.6) is 5.75 Å². The van der Waals surface area contributed by atoms with Crippen LogP contribution in [0.1, 0.15) is 37.9 Å². The monoisotopic (exact) mass is 384 g/mol. The maximum Gasteiger partial charge on any atom is 0.243 e. The molecular formula is C21H28N4O3. The van der Waals surface area contributed by atoms with Gasteiger partial charge in [0.1, 0.15) is 17.6 Å². The Labute approximate surface area is 165 Å². The second-order valence-electron chi connectivity index (χ2n) is 6.92. The molecule has 2 heterocycles. The minimum atomic E-state index is -0.525. The molecule has 0 fully saturated rings. The van der Waals surface area contributed by atoms with Gasteiger partial charge in [0.15, 0.2) is 0 Å². The molecule has 3 rings (SSSR count). The molecule has 0 aliphatic carbocycles. The van der Waals surface area contributed by atoms with Gasteiger partial charge in [-0.15, -0.1) is 0 Å². The molecule has 0 spiro atoms. The van der Waals surface area contributed by atoms with Crippen LogP contribution >= 0.6 is 0 Å². The molecule has 0 saturated carbocycles. The van der Waals surface area contributed by atoms with Crippen molar-refractivity contribution in [2.75, 3.05) is 18.1 Å². The van der Waals surface area contributed by atoms with Crippen LogP contribution in [0.4, 0.5) is 5.82 Å². The number of hydrogen-bond donors (Lipinski definition) is 1. The van der Waals surface area contributed by atoms with Gasteiger partial charge in [0.05, 0.1) is 18.8 Å². The Bertz CT molecular complexity index is 829. The molecule has 0 radical (unpaired) electrons. The Morgan fingerprint density at radius 1 is 1.29 bits per heavy atom. The van der Waals surface area contributed by atoms with E-state index in [1.807, 2.05) is 55.8 Å². The number of amides is 2. The average Bonchev–Trinajstić information content (AvgIpc) is 3.06. The summed E-state index contributed by atoms with van der Waals surface area (Å²) in [5.74, 6) is 1.40. The quantitative estimate of drug-likeness (QED) is 0.759. The lowest BCUT2D eigenvalue weighted by Crippen LogP contribution is -2.52. The van der Waals surface area contributed by atoms with Crippen LogP contribution in [-0.4, -0.2) is 40.8 Å². The number of benzene rings is 1. The highest BCUT2D eigenvalue weighted by Gasteiger charge is 2.34. The molecule has 1 aliphatic rings. The number of ether oxygens (including phenoxy) is 1. The van der Waals surface area contributed by atoms with Gasteiger partial charge in [0.25, 0.3) is 0 Å². The number of anilines is 1. The summed E-state index contributed by atoms with van der Waals surface area (Å²) >= 11 is 0. The Kier molecular flexibility index (Phi) is 6.34. The predicted octanol–water partition coefficient (Wildman–Crippen LogP) is 2.46. The molecule has 7 nitrogen and oxygen atoms in total. The molecular weight excluding hydrogens is 356 g/mol. The first kappa shape index (κ1) is 19.9. The van der Waals surface area contributed by atoms with E-state index >= 15 is 0 Å². The molecule has 2 amide bonds. The smallest absolute Gasteiger partial charge is 0.243 e. The fourth-order valence-corrected chi connectivity index (χ4v) is 3.53. The number of carbonyl (C=O) groups is 2. The molecule has 0 bridgehead atoms. The van der Waals surface area contributed by atoms with Crippen LogP contribution in [0.3, 0.4) is 0 Å². The number of hydrogen-bond acceptors (Lipinski definition) is 4. The molecule has 7 heteroatoms. The van der Waals surface area contributed by atoms with Crippen molar-refractivity contribution in [2.24, 2.45) is 0 Å². The van der Waals surface area contributed by atoms with Crippen LogP contribution < -0.4 is 15.0 Å². The minimum absolute atomic E-state index is 0.0269. The predicted molar refractivity (Wildman–Crippen MR) is 107 cm³/mol. The molecule has 28 heavy (non-hydrogen) atoms. The van der Waals surface area contributed by atoms with Crippen molar-refractivity contribution >= 4 is 17.6 Å². The zero-order chi connectivity index (χ0) is 20.1. The third-order valence-electron chi connectivity index (χ3n) is 4.88. The van der Waals surface area contributed by atoms with Gasteiger partial charge >= 0.3 is 0 Å². The zero-order valence-corrected chi connectivity index (χ0v) is 16.8. The summed E-state index contributed by atoms with van der Waals surface area (Å²) < 4.78 is 7.26. The molecule has 1 unspecified atom stereocenters. The van der Waals surface area contributed by atoms with Gasteiger partial charge in [-0.25, -0.2) is 4.68 Å². The zero-order valence-electron chi connectivity index (χ0n) is 16.8. The van der Waals surface area contributed by atoms with Crippen LogP contribution in [0.2, 0.25) is 0 Å². The Morgan fingerprint density at radius 2 is 2.04 bits per heavy atom. The molecule has 1 aromatic heterocycles. The number of carbonyl (C=O) groups excluding carboxylic acids is 2. The van der Waals surface area contributed by atoms with Gasteiger partial charge in [-0.2, -0.15) is 5.10 Å². The first-order valence-corrected chi connectivity index (χ1v) is 9.89. The van der Waals surface area contributed by atoms with Crippen LogP contribution in [0.25, 0.3) is 0 Å². The largest absolute Gasteiger partial charge is 0.494 e. The Morgan fingerprint density at radius 3 is 2.71 bits per heavy atom. The summed E-state index contributed by atoms with van der Waals surface area (Å²) in [7, 11) is 0. The van der Waals surface area contributed by atoms with Crippen LogP contribution in [0.15, 0.2) is 30.3 Å². The van der Waals surface area contributed by atoms with Gasteiger partial charge in [0.2, 0.25) is 11.8 Å². The molecule has 150 valence electrons. The highest BCUT2D eigenvalue weighted by Crippen LogP contribution is 2.26. The van der Waals surface area contributed by atoms with Crippen LogP contribution in [-0.2, 0) is 22.6 Å². The Balaban J connectivity index is 1.61. The molecule has 0 saturated heterocycles. The number of aryl methyl sites for hydroxylation is 2. The topological polar surface area (TPSA) is 76.5 Å². The summed E-state index contributed by atoms with van der Waals surface area (Å²) in [4.78, 5) is 27.0.